The van der Waals surface area contributed by atoms with E-state index in [1.54, 1.807) is 37.4 Å². The Labute approximate surface area is 200 Å². The molecule has 0 amide bonds. The Balaban J connectivity index is 1.66. The number of aryl methyl sites for hydroxylation is 2. The van der Waals surface area contributed by atoms with Gasteiger partial charge < -0.3 is 9.15 Å². The number of para-hydroxylation sites is 1. The van der Waals surface area contributed by atoms with Crippen LogP contribution in [0.15, 0.2) is 82.1 Å². The molecule has 176 valence electrons. The molecule has 0 aliphatic rings. The van der Waals surface area contributed by atoms with Gasteiger partial charge in [0.2, 0.25) is 11.8 Å². The van der Waals surface area contributed by atoms with E-state index in [2.05, 4.69) is 10.2 Å². The van der Waals surface area contributed by atoms with Crippen molar-refractivity contribution in [3.8, 4) is 5.75 Å². The molecule has 0 spiro atoms. The second kappa shape index (κ2) is 10.1. The van der Waals surface area contributed by atoms with Crippen LogP contribution in [0.4, 0.5) is 5.69 Å². The Bertz CT molecular complexity index is 1350. The van der Waals surface area contributed by atoms with Crippen LogP contribution in [0.2, 0.25) is 0 Å². The SMILES string of the molecule is CCc1ccccc1N(Cc1nnc(Cc2ccc(OC)cc2)o1)S(=O)(=O)c1ccc(C)cc1. The fourth-order valence-electron chi connectivity index (χ4n) is 3.65. The highest BCUT2D eigenvalue weighted by Gasteiger charge is 2.28. The van der Waals surface area contributed by atoms with Crippen LogP contribution in [0.5, 0.6) is 5.75 Å². The molecule has 0 radical (unpaired) electrons. The van der Waals surface area contributed by atoms with Gasteiger partial charge in [-0.1, -0.05) is 55.0 Å². The molecule has 0 aliphatic carbocycles. The number of methoxy groups -OCH3 is 1. The molecule has 0 unspecified atom stereocenters. The minimum absolute atomic E-state index is 0.0666. The van der Waals surface area contributed by atoms with Crippen LogP contribution < -0.4 is 9.04 Å². The van der Waals surface area contributed by atoms with Crippen LogP contribution in [0, 0.1) is 6.92 Å². The summed E-state index contributed by atoms with van der Waals surface area (Å²) >= 11 is 0. The van der Waals surface area contributed by atoms with Crippen molar-refractivity contribution in [2.75, 3.05) is 11.4 Å². The van der Waals surface area contributed by atoms with Gasteiger partial charge in [0, 0.05) is 0 Å². The number of ether oxygens (including phenoxy) is 1. The predicted molar refractivity (Wildman–Crippen MR) is 130 cm³/mol. The molecule has 8 heteroatoms. The van der Waals surface area contributed by atoms with Crippen LogP contribution in [0.1, 0.15) is 35.4 Å². The summed E-state index contributed by atoms with van der Waals surface area (Å²) in [5, 5.41) is 8.28. The minimum Gasteiger partial charge on any atom is -0.497 e. The smallest absolute Gasteiger partial charge is 0.264 e. The second-order valence-corrected chi connectivity index (χ2v) is 9.78. The number of anilines is 1. The van der Waals surface area contributed by atoms with Crippen molar-refractivity contribution in [2.24, 2.45) is 0 Å². The molecular formula is C26H27N3O4S. The van der Waals surface area contributed by atoms with E-state index in [0.29, 0.717) is 24.4 Å². The maximum absolute atomic E-state index is 13.7. The molecular weight excluding hydrogens is 450 g/mol. The molecule has 4 aromatic rings. The van der Waals surface area contributed by atoms with Gasteiger partial charge in [0.05, 0.1) is 24.1 Å². The third-order valence-corrected chi connectivity index (χ3v) is 7.33. The second-order valence-electron chi connectivity index (χ2n) is 7.92. The van der Waals surface area contributed by atoms with E-state index in [1.165, 1.54) is 4.31 Å². The maximum atomic E-state index is 13.7. The molecule has 0 saturated heterocycles. The summed E-state index contributed by atoms with van der Waals surface area (Å²) in [6, 6.07) is 21.9. The number of sulfonamides is 1. The summed E-state index contributed by atoms with van der Waals surface area (Å²) in [6.07, 6.45) is 1.12. The Morgan fingerprint density at radius 3 is 2.26 bits per heavy atom. The minimum atomic E-state index is -3.87. The van der Waals surface area contributed by atoms with Crippen LogP contribution >= 0.6 is 0 Å². The predicted octanol–water partition coefficient (Wildman–Crippen LogP) is 4.94. The summed E-state index contributed by atoms with van der Waals surface area (Å²) < 4.78 is 39.8. The zero-order valence-electron chi connectivity index (χ0n) is 19.4. The Kier molecular flexibility index (Phi) is 6.98. The number of rotatable bonds is 9. The number of aromatic nitrogens is 2. The molecule has 0 atom stereocenters. The van der Waals surface area contributed by atoms with Crippen molar-refractivity contribution < 1.29 is 17.6 Å². The summed E-state index contributed by atoms with van der Waals surface area (Å²) in [4.78, 5) is 0.210. The van der Waals surface area contributed by atoms with E-state index in [-0.39, 0.29) is 17.3 Å². The number of hydrogen-bond acceptors (Lipinski definition) is 6. The molecule has 1 aromatic heterocycles. The molecule has 1 heterocycles. The van der Waals surface area contributed by atoms with Crippen molar-refractivity contribution in [3.05, 3.63) is 101 Å². The fraction of sp³-hybridized carbons (Fsp3) is 0.231. The normalized spacial score (nSPS) is 11.4. The van der Waals surface area contributed by atoms with E-state index >= 15 is 0 Å². The number of hydrogen-bond donors (Lipinski definition) is 0. The largest absolute Gasteiger partial charge is 0.497 e. The average Bonchev–Trinajstić information content (AvgIpc) is 3.30. The highest BCUT2D eigenvalue weighted by molar-refractivity contribution is 7.92. The lowest BCUT2D eigenvalue weighted by molar-refractivity contribution is 0.414. The van der Waals surface area contributed by atoms with Crippen LogP contribution in [0.25, 0.3) is 0 Å². The molecule has 0 aliphatic heterocycles. The average molecular weight is 478 g/mol. The van der Waals surface area contributed by atoms with Crippen LogP contribution in [0.3, 0.4) is 0 Å². The Morgan fingerprint density at radius 1 is 0.912 bits per heavy atom. The van der Waals surface area contributed by atoms with E-state index in [4.69, 9.17) is 9.15 Å². The molecule has 3 aromatic carbocycles. The lowest BCUT2D eigenvalue weighted by Crippen LogP contribution is -2.31. The highest BCUT2D eigenvalue weighted by Crippen LogP contribution is 2.29. The molecule has 0 saturated carbocycles. The zero-order chi connectivity index (χ0) is 24.1. The monoisotopic (exact) mass is 477 g/mol. The van der Waals surface area contributed by atoms with Crippen molar-refractivity contribution in [2.45, 2.75) is 38.1 Å². The first-order chi connectivity index (χ1) is 16.4. The summed E-state index contributed by atoms with van der Waals surface area (Å²) in [7, 11) is -2.25. The summed E-state index contributed by atoms with van der Waals surface area (Å²) in [5.41, 5.74) is 3.48. The van der Waals surface area contributed by atoms with Gasteiger partial charge in [-0.2, -0.15) is 0 Å². The van der Waals surface area contributed by atoms with Crippen LogP contribution in [-0.4, -0.2) is 25.7 Å². The fourth-order valence-corrected chi connectivity index (χ4v) is 5.11. The van der Waals surface area contributed by atoms with Gasteiger partial charge in [-0.15, -0.1) is 10.2 Å². The topological polar surface area (TPSA) is 85.5 Å². The highest BCUT2D eigenvalue weighted by atomic mass is 32.2. The molecule has 4 rings (SSSR count). The first kappa shape index (κ1) is 23.5. The van der Waals surface area contributed by atoms with E-state index in [0.717, 1.165) is 22.4 Å². The number of nitrogens with zero attached hydrogens (tertiary/aromatic N) is 3. The zero-order valence-corrected chi connectivity index (χ0v) is 20.2. The third-order valence-electron chi connectivity index (χ3n) is 5.55. The van der Waals surface area contributed by atoms with E-state index < -0.39 is 10.0 Å². The van der Waals surface area contributed by atoms with Gasteiger partial charge in [-0.3, -0.25) is 4.31 Å². The molecule has 0 fully saturated rings. The molecule has 0 bridgehead atoms. The Hall–Kier alpha value is -3.65. The molecule has 34 heavy (non-hydrogen) atoms. The van der Waals surface area contributed by atoms with Crippen molar-refractivity contribution in [3.63, 3.8) is 0 Å². The van der Waals surface area contributed by atoms with Crippen molar-refractivity contribution >= 4 is 15.7 Å². The van der Waals surface area contributed by atoms with E-state index in [9.17, 15) is 8.42 Å². The van der Waals surface area contributed by atoms with Gasteiger partial charge in [0.25, 0.3) is 10.0 Å². The van der Waals surface area contributed by atoms with Gasteiger partial charge in [0.1, 0.15) is 12.3 Å². The van der Waals surface area contributed by atoms with Gasteiger partial charge >= 0.3 is 0 Å². The first-order valence-corrected chi connectivity index (χ1v) is 12.5. The lowest BCUT2D eigenvalue weighted by Gasteiger charge is -2.25. The quantitative estimate of drug-likeness (QED) is 0.340. The Morgan fingerprint density at radius 2 is 1.59 bits per heavy atom. The summed E-state index contributed by atoms with van der Waals surface area (Å²) in [5.74, 6) is 1.41. The lowest BCUT2D eigenvalue weighted by atomic mass is 10.1. The first-order valence-electron chi connectivity index (χ1n) is 11.0. The molecule has 7 nitrogen and oxygen atoms in total. The number of benzene rings is 3. The van der Waals surface area contributed by atoms with Gasteiger partial charge in [-0.05, 0) is 54.8 Å². The van der Waals surface area contributed by atoms with Crippen molar-refractivity contribution in [1.29, 1.82) is 0 Å². The summed E-state index contributed by atoms with van der Waals surface area (Å²) in [6.45, 7) is 3.85. The third kappa shape index (κ3) is 5.12. The van der Waals surface area contributed by atoms with Crippen LogP contribution in [-0.2, 0) is 29.4 Å². The van der Waals surface area contributed by atoms with E-state index in [1.807, 2.05) is 56.3 Å². The standard InChI is InChI=1S/C26H27N3O4S/c1-4-21-7-5-6-8-24(21)29(34(30,31)23-15-9-19(2)10-16-23)18-26-28-27-25(33-26)17-20-11-13-22(32-3)14-12-20/h5-16H,4,17-18H2,1-3H3. The van der Waals surface area contributed by atoms with Gasteiger partial charge in [0.15, 0.2) is 0 Å². The molecule has 0 N–H and O–H groups in total. The maximum Gasteiger partial charge on any atom is 0.264 e. The van der Waals surface area contributed by atoms with Gasteiger partial charge in [-0.25, -0.2) is 8.42 Å². The van der Waals surface area contributed by atoms with Crippen molar-refractivity contribution in [1.82, 2.24) is 10.2 Å².